The lowest BCUT2D eigenvalue weighted by Crippen LogP contribution is -2.30. The normalized spacial score (nSPS) is 23.7. The second kappa shape index (κ2) is 3.72. The molecule has 78 valence electrons. The van der Waals surface area contributed by atoms with Crippen LogP contribution in [0.2, 0.25) is 0 Å². The van der Waals surface area contributed by atoms with Crippen LogP contribution in [0.4, 0.5) is 0 Å². The summed E-state index contributed by atoms with van der Waals surface area (Å²) in [5, 5.41) is 0. The van der Waals surface area contributed by atoms with E-state index in [4.69, 9.17) is 0 Å². The van der Waals surface area contributed by atoms with Crippen LogP contribution in [0, 0.1) is 11.3 Å². The van der Waals surface area contributed by atoms with Crippen molar-refractivity contribution in [2.45, 2.75) is 40.5 Å². The summed E-state index contributed by atoms with van der Waals surface area (Å²) in [6.07, 6.45) is 3.96. The van der Waals surface area contributed by atoms with Crippen molar-refractivity contribution >= 4 is 5.78 Å². The van der Waals surface area contributed by atoms with Gasteiger partial charge in [-0.15, -0.1) is 0 Å². The lowest BCUT2D eigenvalue weighted by atomic mass is 9.71. The summed E-state index contributed by atoms with van der Waals surface area (Å²) in [4.78, 5) is 11.9. The number of hydrogen-bond donors (Lipinski definition) is 0. The summed E-state index contributed by atoms with van der Waals surface area (Å²) < 4.78 is 0. The average Bonchev–Trinajstić information content (AvgIpc) is 2.07. The van der Waals surface area contributed by atoms with E-state index in [1.807, 2.05) is 0 Å². The minimum Gasteiger partial charge on any atom is -0.294 e. The van der Waals surface area contributed by atoms with Crippen LogP contribution in [0.25, 0.3) is 0 Å². The van der Waals surface area contributed by atoms with Crippen molar-refractivity contribution in [1.82, 2.24) is 0 Å². The molecule has 0 aliphatic heterocycles. The Labute approximate surface area is 86.9 Å². The molecular formula is C13H20O. The monoisotopic (exact) mass is 192 g/mol. The van der Waals surface area contributed by atoms with E-state index in [-0.39, 0.29) is 17.1 Å². The smallest absolute Gasteiger partial charge is 0.165 e. The Hall–Kier alpha value is -0.850. The van der Waals surface area contributed by atoms with E-state index in [9.17, 15) is 4.79 Å². The van der Waals surface area contributed by atoms with E-state index in [1.54, 1.807) is 0 Å². The molecule has 14 heavy (non-hydrogen) atoms. The van der Waals surface area contributed by atoms with Crippen molar-refractivity contribution in [2.75, 3.05) is 0 Å². The topological polar surface area (TPSA) is 17.1 Å². The van der Waals surface area contributed by atoms with Gasteiger partial charge in [-0.25, -0.2) is 0 Å². The van der Waals surface area contributed by atoms with Crippen molar-refractivity contribution in [3.05, 3.63) is 23.8 Å². The zero-order valence-electron chi connectivity index (χ0n) is 9.68. The summed E-state index contributed by atoms with van der Waals surface area (Å²) >= 11 is 0. The van der Waals surface area contributed by atoms with Crippen LogP contribution in [0.5, 0.6) is 0 Å². The van der Waals surface area contributed by atoms with E-state index >= 15 is 0 Å². The summed E-state index contributed by atoms with van der Waals surface area (Å²) in [5.74, 6) is 0.258. The predicted octanol–water partition coefficient (Wildman–Crippen LogP) is 3.51. The van der Waals surface area contributed by atoms with E-state index in [1.165, 1.54) is 5.57 Å². The molecule has 0 spiro atoms. The van der Waals surface area contributed by atoms with Gasteiger partial charge < -0.3 is 0 Å². The van der Waals surface area contributed by atoms with Crippen molar-refractivity contribution in [3.8, 4) is 0 Å². The number of carbonyl (C=O) groups excluding carboxylic acids is 1. The van der Waals surface area contributed by atoms with Gasteiger partial charge in [0.25, 0.3) is 0 Å². The number of allylic oxidation sites excluding steroid dienone is 3. The van der Waals surface area contributed by atoms with Crippen LogP contribution in [0.3, 0.4) is 0 Å². The van der Waals surface area contributed by atoms with Gasteiger partial charge in [0.1, 0.15) is 0 Å². The van der Waals surface area contributed by atoms with Crippen molar-refractivity contribution in [1.29, 1.82) is 0 Å². The molecule has 0 radical (unpaired) electrons. The van der Waals surface area contributed by atoms with Gasteiger partial charge >= 0.3 is 0 Å². The van der Waals surface area contributed by atoms with E-state index in [2.05, 4.69) is 40.3 Å². The molecular weight excluding hydrogens is 172 g/mol. The lowest BCUT2D eigenvalue weighted by Gasteiger charge is -2.31. The van der Waals surface area contributed by atoms with Crippen molar-refractivity contribution in [3.63, 3.8) is 0 Å². The summed E-state index contributed by atoms with van der Waals surface area (Å²) in [6.45, 7) is 12.3. The predicted molar refractivity (Wildman–Crippen MR) is 60.1 cm³/mol. The molecule has 1 aliphatic carbocycles. The molecule has 0 fully saturated rings. The number of carbonyl (C=O) groups is 1. The largest absolute Gasteiger partial charge is 0.294 e. The van der Waals surface area contributed by atoms with E-state index in [0.717, 1.165) is 18.4 Å². The maximum atomic E-state index is 11.9. The molecule has 1 unspecified atom stereocenters. The molecule has 1 aliphatic rings. The maximum Gasteiger partial charge on any atom is 0.165 e. The van der Waals surface area contributed by atoms with Gasteiger partial charge in [0.15, 0.2) is 5.78 Å². The third kappa shape index (κ3) is 2.14. The standard InChI is InChI=1S/C13H20O/c1-6-10-7-9(2)12(14)11(8-10)13(3,4)5/h8,11H,2,6-7H2,1,3-5H3. The molecule has 0 aromatic carbocycles. The first-order valence-electron chi connectivity index (χ1n) is 5.27. The van der Waals surface area contributed by atoms with Crippen LogP contribution < -0.4 is 0 Å². The van der Waals surface area contributed by atoms with Gasteiger partial charge in [0, 0.05) is 5.92 Å². The fourth-order valence-electron chi connectivity index (χ4n) is 1.84. The van der Waals surface area contributed by atoms with Crippen LogP contribution in [0.1, 0.15) is 40.5 Å². The van der Waals surface area contributed by atoms with E-state index in [0.29, 0.717) is 0 Å². The highest BCUT2D eigenvalue weighted by atomic mass is 16.1. The Balaban J connectivity index is 3.03. The highest BCUT2D eigenvalue weighted by Gasteiger charge is 2.33. The van der Waals surface area contributed by atoms with Crippen molar-refractivity contribution in [2.24, 2.45) is 11.3 Å². The third-order valence-corrected chi connectivity index (χ3v) is 2.86. The molecule has 0 heterocycles. The fraction of sp³-hybridized carbons (Fsp3) is 0.615. The molecule has 1 heteroatoms. The van der Waals surface area contributed by atoms with Gasteiger partial charge in [0.2, 0.25) is 0 Å². The van der Waals surface area contributed by atoms with Crippen molar-refractivity contribution < 1.29 is 4.79 Å². The lowest BCUT2D eigenvalue weighted by molar-refractivity contribution is -0.120. The first-order valence-corrected chi connectivity index (χ1v) is 5.27. The Bertz CT molecular complexity index is 289. The molecule has 0 N–H and O–H groups in total. The Morgan fingerprint density at radius 3 is 2.50 bits per heavy atom. The van der Waals surface area contributed by atoms with Gasteiger partial charge in [-0.05, 0) is 23.8 Å². The van der Waals surface area contributed by atoms with Gasteiger partial charge in [0.05, 0.1) is 0 Å². The number of Topliss-reactive ketones (excluding diaryl/α,β-unsaturated/α-hetero) is 1. The van der Waals surface area contributed by atoms with Crippen LogP contribution in [0.15, 0.2) is 23.8 Å². The van der Waals surface area contributed by atoms with E-state index < -0.39 is 0 Å². The second-order valence-corrected chi connectivity index (χ2v) is 5.17. The SMILES string of the molecule is C=C1CC(CC)=CC(C(C)(C)C)C1=O. The molecule has 0 bridgehead atoms. The number of rotatable bonds is 1. The summed E-state index contributed by atoms with van der Waals surface area (Å²) in [5.41, 5.74) is 2.15. The maximum absolute atomic E-state index is 11.9. The summed E-state index contributed by atoms with van der Waals surface area (Å²) in [6, 6.07) is 0. The Kier molecular flexibility index (Phi) is 2.98. The first kappa shape index (κ1) is 11.2. The zero-order valence-corrected chi connectivity index (χ0v) is 9.68. The zero-order chi connectivity index (χ0) is 10.9. The second-order valence-electron chi connectivity index (χ2n) is 5.17. The number of ketones is 1. The van der Waals surface area contributed by atoms with Crippen LogP contribution in [-0.4, -0.2) is 5.78 Å². The molecule has 0 aromatic rings. The molecule has 1 rings (SSSR count). The molecule has 1 atom stereocenters. The van der Waals surface area contributed by atoms with Gasteiger partial charge in [-0.3, -0.25) is 4.79 Å². The van der Waals surface area contributed by atoms with Gasteiger partial charge in [-0.1, -0.05) is 45.9 Å². The molecule has 0 amide bonds. The molecule has 0 saturated heterocycles. The van der Waals surface area contributed by atoms with Crippen LogP contribution >= 0.6 is 0 Å². The minimum atomic E-state index is 0.0147. The highest BCUT2D eigenvalue weighted by molar-refractivity contribution is 5.99. The minimum absolute atomic E-state index is 0.0147. The fourth-order valence-corrected chi connectivity index (χ4v) is 1.84. The highest BCUT2D eigenvalue weighted by Crippen LogP contribution is 2.36. The first-order chi connectivity index (χ1) is 6.36. The number of hydrogen-bond acceptors (Lipinski definition) is 1. The third-order valence-electron chi connectivity index (χ3n) is 2.86. The Morgan fingerprint density at radius 2 is 2.07 bits per heavy atom. The quantitative estimate of drug-likeness (QED) is 0.459. The molecule has 1 nitrogen and oxygen atoms in total. The van der Waals surface area contributed by atoms with Gasteiger partial charge in [-0.2, -0.15) is 0 Å². The van der Waals surface area contributed by atoms with Crippen LogP contribution in [-0.2, 0) is 4.79 Å². The molecule has 0 aromatic heterocycles. The summed E-state index contributed by atoms with van der Waals surface area (Å²) in [7, 11) is 0. The Morgan fingerprint density at radius 1 is 1.50 bits per heavy atom. The average molecular weight is 192 g/mol. The molecule has 0 saturated carbocycles.